The van der Waals surface area contributed by atoms with Crippen molar-refractivity contribution in [2.75, 3.05) is 13.2 Å². The second kappa shape index (κ2) is 9.08. The zero-order chi connectivity index (χ0) is 19.1. The molecule has 0 aromatic heterocycles. The second-order valence-electron chi connectivity index (χ2n) is 6.48. The van der Waals surface area contributed by atoms with E-state index in [1.807, 2.05) is 74.5 Å². The Bertz CT molecular complexity index is 890. The Hall–Kier alpha value is -3.01. The number of hydrogen-bond acceptors (Lipinski definition) is 3. The number of aryl methyl sites for hydroxylation is 1. The minimum atomic E-state index is -0.523. The first kappa shape index (κ1) is 18.8. The van der Waals surface area contributed by atoms with E-state index in [-0.39, 0.29) is 5.91 Å². The van der Waals surface area contributed by atoms with E-state index >= 15 is 0 Å². The van der Waals surface area contributed by atoms with Gasteiger partial charge in [0.25, 0.3) is 5.91 Å². The second-order valence-corrected chi connectivity index (χ2v) is 6.48. The summed E-state index contributed by atoms with van der Waals surface area (Å²) < 4.78 is 11.5. The molecule has 3 rings (SSSR count). The number of fused-ring (bicyclic) bond motifs is 1. The zero-order valence-electron chi connectivity index (χ0n) is 15.8. The molecule has 3 aromatic carbocycles. The fraction of sp³-hybridized carbons (Fsp3) is 0.261. The van der Waals surface area contributed by atoms with Crippen molar-refractivity contribution < 1.29 is 14.3 Å². The van der Waals surface area contributed by atoms with Crippen molar-refractivity contribution in [2.24, 2.45) is 0 Å². The van der Waals surface area contributed by atoms with Crippen molar-refractivity contribution in [3.63, 3.8) is 0 Å². The summed E-state index contributed by atoms with van der Waals surface area (Å²) in [5, 5.41) is 5.13. The first-order valence-electron chi connectivity index (χ1n) is 9.28. The first-order chi connectivity index (χ1) is 13.2. The largest absolute Gasteiger partial charge is 0.492 e. The fourth-order valence-electron chi connectivity index (χ4n) is 2.82. The molecule has 0 aliphatic carbocycles. The SMILES string of the molecule is CC[C@@H](Oc1ccc2ccccc2c1)C(=O)NCCOc1ccc(C)cc1. The van der Waals surface area contributed by atoms with Gasteiger partial charge in [-0.3, -0.25) is 4.79 Å². The molecule has 1 N–H and O–H groups in total. The van der Waals surface area contributed by atoms with Crippen LogP contribution in [0.25, 0.3) is 10.8 Å². The van der Waals surface area contributed by atoms with E-state index in [0.29, 0.717) is 25.3 Å². The van der Waals surface area contributed by atoms with E-state index in [4.69, 9.17) is 9.47 Å². The third-order valence-corrected chi connectivity index (χ3v) is 4.35. The van der Waals surface area contributed by atoms with Gasteiger partial charge in [0.2, 0.25) is 0 Å². The number of carbonyl (C=O) groups is 1. The molecule has 1 amide bonds. The number of hydrogen-bond donors (Lipinski definition) is 1. The molecule has 140 valence electrons. The van der Waals surface area contributed by atoms with Gasteiger partial charge in [0.1, 0.15) is 18.1 Å². The Balaban J connectivity index is 1.50. The highest BCUT2D eigenvalue weighted by Crippen LogP contribution is 2.22. The Labute approximate surface area is 160 Å². The van der Waals surface area contributed by atoms with Gasteiger partial charge < -0.3 is 14.8 Å². The summed E-state index contributed by atoms with van der Waals surface area (Å²) in [5.41, 5.74) is 1.19. The summed E-state index contributed by atoms with van der Waals surface area (Å²) in [4.78, 5) is 12.4. The van der Waals surface area contributed by atoms with E-state index in [1.165, 1.54) is 5.56 Å². The predicted octanol–water partition coefficient (Wildman–Crippen LogP) is 4.50. The van der Waals surface area contributed by atoms with Crippen LogP contribution in [0.1, 0.15) is 18.9 Å². The Morgan fingerprint density at radius 1 is 0.963 bits per heavy atom. The number of nitrogens with one attached hydrogen (secondary N) is 1. The van der Waals surface area contributed by atoms with E-state index < -0.39 is 6.10 Å². The summed E-state index contributed by atoms with van der Waals surface area (Å²) in [7, 11) is 0. The third kappa shape index (κ3) is 5.23. The van der Waals surface area contributed by atoms with Crippen LogP contribution in [0.3, 0.4) is 0 Å². The standard InChI is InChI=1S/C23H25NO3/c1-3-22(27-21-13-10-18-6-4-5-7-19(18)16-21)23(25)24-14-15-26-20-11-8-17(2)9-12-20/h4-13,16,22H,3,14-15H2,1-2H3,(H,24,25)/t22-/m1/s1. The maximum Gasteiger partial charge on any atom is 0.261 e. The normalized spacial score (nSPS) is 11.8. The molecule has 4 nitrogen and oxygen atoms in total. The molecule has 27 heavy (non-hydrogen) atoms. The van der Waals surface area contributed by atoms with Crippen LogP contribution in [-0.4, -0.2) is 25.2 Å². The van der Waals surface area contributed by atoms with E-state index in [2.05, 4.69) is 11.4 Å². The summed E-state index contributed by atoms with van der Waals surface area (Å²) in [6, 6.07) is 21.8. The summed E-state index contributed by atoms with van der Waals surface area (Å²) >= 11 is 0. The van der Waals surface area contributed by atoms with Crippen LogP contribution in [0.4, 0.5) is 0 Å². The van der Waals surface area contributed by atoms with Crippen LogP contribution in [-0.2, 0) is 4.79 Å². The first-order valence-corrected chi connectivity index (χ1v) is 9.28. The van der Waals surface area contributed by atoms with Gasteiger partial charge in [0.15, 0.2) is 6.10 Å². The number of benzene rings is 3. The molecule has 0 saturated carbocycles. The summed E-state index contributed by atoms with van der Waals surface area (Å²) in [6.07, 6.45) is 0.0721. The van der Waals surface area contributed by atoms with Gasteiger partial charge in [-0.25, -0.2) is 0 Å². The van der Waals surface area contributed by atoms with E-state index in [1.54, 1.807) is 0 Å². The average molecular weight is 363 g/mol. The van der Waals surface area contributed by atoms with Gasteiger partial charge in [-0.15, -0.1) is 0 Å². The lowest BCUT2D eigenvalue weighted by Crippen LogP contribution is -2.39. The van der Waals surface area contributed by atoms with Gasteiger partial charge in [-0.2, -0.15) is 0 Å². The number of carbonyl (C=O) groups excluding carboxylic acids is 1. The molecule has 3 aromatic rings. The molecule has 0 radical (unpaired) electrons. The van der Waals surface area contributed by atoms with Crippen LogP contribution >= 0.6 is 0 Å². The molecule has 0 aliphatic rings. The molecule has 0 unspecified atom stereocenters. The molecule has 0 aliphatic heterocycles. The molecular weight excluding hydrogens is 338 g/mol. The third-order valence-electron chi connectivity index (χ3n) is 4.35. The quantitative estimate of drug-likeness (QED) is 0.600. The molecule has 0 heterocycles. The van der Waals surface area contributed by atoms with Crippen LogP contribution in [0.15, 0.2) is 66.7 Å². The van der Waals surface area contributed by atoms with Crippen molar-refractivity contribution >= 4 is 16.7 Å². The topological polar surface area (TPSA) is 47.6 Å². The summed E-state index contributed by atoms with van der Waals surface area (Å²) in [5.74, 6) is 1.37. The zero-order valence-corrected chi connectivity index (χ0v) is 15.8. The van der Waals surface area contributed by atoms with Gasteiger partial charge in [-0.1, -0.05) is 55.0 Å². The van der Waals surface area contributed by atoms with Crippen LogP contribution in [0.5, 0.6) is 11.5 Å². The van der Waals surface area contributed by atoms with Crippen LogP contribution in [0, 0.1) is 6.92 Å². The molecule has 0 saturated heterocycles. The van der Waals surface area contributed by atoms with Crippen molar-refractivity contribution in [3.8, 4) is 11.5 Å². The number of rotatable bonds is 8. The average Bonchev–Trinajstić information content (AvgIpc) is 2.70. The molecule has 0 bridgehead atoms. The smallest absolute Gasteiger partial charge is 0.261 e. The van der Waals surface area contributed by atoms with Crippen LogP contribution < -0.4 is 14.8 Å². The minimum Gasteiger partial charge on any atom is -0.492 e. The molecule has 0 spiro atoms. The van der Waals surface area contributed by atoms with Crippen molar-refractivity contribution in [3.05, 3.63) is 72.3 Å². The van der Waals surface area contributed by atoms with E-state index in [9.17, 15) is 4.79 Å². The van der Waals surface area contributed by atoms with Crippen molar-refractivity contribution in [2.45, 2.75) is 26.4 Å². The highest BCUT2D eigenvalue weighted by atomic mass is 16.5. The monoisotopic (exact) mass is 363 g/mol. The highest BCUT2D eigenvalue weighted by molar-refractivity contribution is 5.84. The molecule has 1 atom stereocenters. The lowest BCUT2D eigenvalue weighted by atomic mass is 10.1. The maximum absolute atomic E-state index is 12.4. The van der Waals surface area contributed by atoms with E-state index in [0.717, 1.165) is 16.5 Å². The molecule has 0 fully saturated rings. The fourth-order valence-corrected chi connectivity index (χ4v) is 2.82. The van der Waals surface area contributed by atoms with Gasteiger partial charge >= 0.3 is 0 Å². The Morgan fingerprint density at radius 3 is 2.41 bits per heavy atom. The summed E-state index contributed by atoms with van der Waals surface area (Å²) in [6.45, 7) is 4.82. The van der Waals surface area contributed by atoms with Gasteiger partial charge in [0.05, 0.1) is 6.54 Å². The predicted molar refractivity (Wildman–Crippen MR) is 108 cm³/mol. The lowest BCUT2D eigenvalue weighted by molar-refractivity contribution is -0.128. The lowest BCUT2D eigenvalue weighted by Gasteiger charge is -2.18. The number of ether oxygens (including phenoxy) is 2. The van der Waals surface area contributed by atoms with Gasteiger partial charge in [0, 0.05) is 0 Å². The van der Waals surface area contributed by atoms with Crippen molar-refractivity contribution in [1.82, 2.24) is 5.32 Å². The number of amides is 1. The Morgan fingerprint density at radius 2 is 1.67 bits per heavy atom. The molecule has 4 heteroatoms. The van der Waals surface area contributed by atoms with Crippen LogP contribution in [0.2, 0.25) is 0 Å². The maximum atomic E-state index is 12.4. The minimum absolute atomic E-state index is 0.127. The highest BCUT2D eigenvalue weighted by Gasteiger charge is 2.18. The molecular formula is C23H25NO3. The van der Waals surface area contributed by atoms with Crippen molar-refractivity contribution in [1.29, 1.82) is 0 Å². The Kier molecular flexibility index (Phi) is 6.31. The van der Waals surface area contributed by atoms with Gasteiger partial charge in [-0.05, 0) is 48.4 Å².